The van der Waals surface area contributed by atoms with E-state index in [1.54, 1.807) is 12.2 Å². The van der Waals surface area contributed by atoms with Crippen LogP contribution in [0.5, 0.6) is 0 Å². The van der Waals surface area contributed by atoms with Gasteiger partial charge in [-0.2, -0.15) is 0 Å². The van der Waals surface area contributed by atoms with Crippen LogP contribution >= 0.6 is 0 Å². The van der Waals surface area contributed by atoms with Gasteiger partial charge in [0.2, 0.25) is 5.78 Å². The summed E-state index contributed by atoms with van der Waals surface area (Å²) in [6.07, 6.45) is 12.8. The Kier molecular flexibility index (Phi) is 5.85. The van der Waals surface area contributed by atoms with Crippen LogP contribution in [0.1, 0.15) is 72.6 Å². The number of rotatable bonds is 6. The number of aliphatic hydroxyl groups is 1. The fourth-order valence-electron chi connectivity index (χ4n) is 7.39. The number of Topliss-reactive ketones (excluding diaryl/α,β-unsaturated/α-hetero) is 1. The molecule has 2 fully saturated rings. The predicted octanol–water partition coefficient (Wildman–Crippen LogP) is 4.49. The molecule has 0 heterocycles. The largest absolute Gasteiger partial charge is 0.450 e. The lowest BCUT2D eigenvalue weighted by Gasteiger charge is -2.54. The first-order valence-corrected chi connectivity index (χ1v) is 12.1. The van der Waals surface area contributed by atoms with E-state index in [2.05, 4.69) is 19.9 Å². The molecule has 0 unspecified atom stereocenters. The third kappa shape index (κ3) is 3.11. The van der Waals surface area contributed by atoms with Crippen LogP contribution in [-0.2, 0) is 19.1 Å². The zero-order valence-corrected chi connectivity index (χ0v) is 19.8. The third-order valence-electron chi connectivity index (χ3n) is 9.06. The molecule has 5 heteroatoms. The van der Waals surface area contributed by atoms with Gasteiger partial charge in [-0.05, 0) is 63.0 Å². The van der Waals surface area contributed by atoms with Gasteiger partial charge >= 0.3 is 5.97 Å². The highest BCUT2D eigenvalue weighted by Gasteiger charge is 2.69. The SMILES string of the molecule is CCCCC(=O)O[C@]1(C(=O)CO)[C@@H](C)C[C@H]2[C@@H]3CCC4=CC(=O)C=C[C@]4(C)C3=CC[C@@]21C. The number of ether oxygens (including phenoxy) is 1. The van der Waals surface area contributed by atoms with Crippen molar-refractivity contribution >= 4 is 17.5 Å². The van der Waals surface area contributed by atoms with Crippen LogP contribution in [0.25, 0.3) is 0 Å². The van der Waals surface area contributed by atoms with E-state index in [4.69, 9.17) is 4.74 Å². The Balaban J connectivity index is 1.76. The molecule has 4 aliphatic carbocycles. The first kappa shape index (κ1) is 23.2. The highest BCUT2D eigenvalue weighted by molar-refractivity contribution is 6.01. The Hall–Kier alpha value is -2.01. The summed E-state index contributed by atoms with van der Waals surface area (Å²) >= 11 is 0. The molecular formula is C27H36O5. The van der Waals surface area contributed by atoms with Crippen molar-refractivity contribution < 1.29 is 24.2 Å². The van der Waals surface area contributed by atoms with Crippen LogP contribution in [0, 0.1) is 28.6 Å². The number of allylic oxidation sites excluding steroid dienone is 6. The Morgan fingerprint density at radius 1 is 1.28 bits per heavy atom. The van der Waals surface area contributed by atoms with Crippen molar-refractivity contribution in [3.8, 4) is 0 Å². The summed E-state index contributed by atoms with van der Waals surface area (Å²) in [6, 6.07) is 0. The van der Waals surface area contributed by atoms with Crippen molar-refractivity contribution in [1.29, 1.82) is 0 Å². The molecule has 0 bridgehead atoms. The predicted molar refractivity (Wildman–Crippen MR) is 122 cm³/mol. The summed E-state index contributed by atoms with van der Waals surface area (Å²) < 4.78 is 6.12. The number of fused-ring (bicyclic) bond motifs is 5. The van der Waals surface area contributed by atoms with E-state index in [-0.39, 0.29) is 40.7 Å². The van der Waals surface area contributed by atoms with Crippen molar-refractivity contribution in [2.24, 2.45) is 28.6 Å². The first-order valence-electron chi connectivity index (χ1n) is 12.1. The molecule has 5 nitrogen and oxygen atoms in total. The lowest BCUT2D eigenvalue weighted by molar-refractivity contribution is -0.190. The smallest absolute Gasteiger partial charge is 0.306 e. The van der Waals surface area contributed by atoms with Crippen molar-refractivity contribution in [2.75, 3.05) is 6.61 Å². The van der Waals surface area contributed by atoms with Crippen LogP contribution in [0.3, 0.4) is 0 Å². The molecule has 0 radical (unpaired) electrons. The van der Waals surface area contributed by atoms with Crippen LogP contribution in [0.15, 0.2) is 35.5 Å². The molecule has 0 spiro atoms. The molecule has 0 aromatic carbocycles. The quantitative estimate of drug-likeness (QED) is 0.486. The second-order valence-electron chi connectivity index (χ2n) is 10.7. The van der Waals surface area contributed by atoms with Gasteiger partial charge in [-0.25, -0.2) is 0 Å². The number of carbonyl (C=O) groups is 3. The Labute approximate surface area is 191 Å². The molecule has 4 aliphatic rings. The number of hydrogen-bond acceptors (Lipinski definition) is 5. The minimum absolute atomic E-state index is 0.0539. The average Bonchev–Trinajstić information content (AvgIpc) is 2.99. The lowest BCUT2D eigenvalue weighted by atomic mass is 9.51. The summed E-state index contributed by atoms with van der Waals surface area (Å²) in [4.78, 5) is 38.1. The van der Waals surface area contributed by atoms with E-state index >= 15 is 0 Å². The number of ketones is 2. The number of carbonyl (C=O) groups excluding carboxylic acids is 3. The van der Waals surface area contributed by atoms with Gasteiger partial charge in [0.15, 0.2) is 11.4 Å². The maximum absolute atomic E-state index is 13.3. The Morgan fingerprint density at radius 2 is 2.03 bits per heavy atom. The van der Waals surface area contributed by atoms with E-state index in [9.17, 15) is 19.5 Å². The second-order valence-corrected chi connectivity index (χ2v) is 10.7. The van der Waals surface area contributed by atoms with E-state index in [0.29, 0.717) is 12.8 Å². The van der Waals surface area contributed by atoms with E-state index < -0.39 is 17.6 Å². The van der Waals surface area contributed by atoms with Gasteiger partial charge in [0.25, 0.3) is 0 Å². The van der Waals surface area contributed by atoms with E-state index in [1.807, 2.05) is 19.9 Å². The summed E-state index contributed by atoms with van der Waals surface area (Å²) in [7, 11) is 0. The molecule has 6 atom stereocenters. The normalized spacial score (nSPS) is 40.0. The molecular weight excluding hydrogens is 404 g/mol. The topological polar surface area (TPSA) is 80.7 Å². The monoisotopic (exact) mass is 440 g/mol. The molecule has 2 saturated carbocycles. The van der Waals surface area contributed by atoms with Crippen molar-refractivity contribution in [3.05, 3.63) is 35.5 Å². The Bertz CT molecular complexity index is 926. The summed E-state index contributed by atoms with van der Waals surface area (Å²) in [5, 5.41) is 9.92. The fraction of sp³-hybridized carbons (Fsp3) is 0.667. The van der Waals surface area contributed by atoms with Crippen LogP contribution in [0.2, 0.25) is 0 Å². The highest BCUT2D eigenvalue weighted by atomic mass is 16.6. The molecule has 32 heavy (non-hydrogen) atoms. The van der Waals surface area contributed by atoms with Gasteiger partial charge in [-0.1, -0.05) is 50.5 Å². The number of esters is 1. The minimum atomic E-state index is -1.30. The molecule has 174 valence electrons. The fourth-order valence-corrected chi connectivity index (χ4v) is 7.39. The van der Waals surface area contributed by atoms with Crippen LogP contribution < -0.4 is 0 Å². The molecule has 0 saturated heterocycles. The van der Waals surface area contributed by atoms with Crippen molar-refractivity contribution in [2.45, 2.75) is 78.2 Å². The molecule has 0 aliphatic heterocycles. The molecule has 0 amide bonds. The maximum atomic E-state index is 13.3. The number of hydrogen-bond donors (Lipinski definition) is 1. The van der Waals surface area contributed by atoms with E-state index in [0.717, 1.165) is 32.1 Å². The zero-order chi connectivity index (χ0) is 23.3. The maximum Gasteiger partial charge on any atom is 0.306 e. The molecule has 4 rings (SSSR count). The van der Waals surface area contributed by atoms with Crippen LogP contribution in [-0.4, -0.2) is 34.9 Å². The Morgan fingerprint density at radius 3 is 2.72 bits per heavy atom. The van der Waals surface area contributed by atoms with Gasteiger partial charge in [0, 0.05) is 23.2 Å². The van der Waals surface area contributed by atoms with Crippen molar-refractivity contribution in [1.82, 2.24) is 0 Å². The van der Waals surface area contributed by atoms with Gasteiger partial charge in [0.05, 0.1) is 0 Å². The standard InChI is InChI=1S/C27H36O5/c1-5-6-7-24(31)32-27(23(30)16-28)17(2)14-22-20-9-8-18-15-19(29)10-12-25(18,3)21(20)11-13-26(22,27)4/h10-12,15,17,20,22,28H,5-9,13-14,16H2,1-4H3/t17-,20+,22-,25-,26-,27-/m0/s1. The average molecular weight is 441 g/mol. The summed E-state index contributed by atoms with van der Waals surface area (Å²) in [6.45, 7) is 7.68. The number of unbranched alkanes of at least 4 members (excludes halogenated alkanes) is 1. The van der Waals surface area contributed by atoms with Gasteiger partial charge in [-0.15, -0.1) is 0 Å². The number of aliphatic hydroxyl groups excluding tert-OH is 1. The second kappa shape index (κ2) is 8.09. The van der Waals surface area contributed by atoms with E-state index in [1.165, 1.54) is 11.1 Å². The highest BCUT2D eigenvalue weighted by Crippen LogP contribution is 2.67. The first-order chi connectivity index (χ1) is 15.1. The van der Waals surface area contributed by atoms with Gasteiger partial charge in [0.1, 0.15) is 6.61 Å². The van der Waals surface area contributed by atoms with Crippen LogP contribution in [0.4, 0.5) is 0 Å². The third-order valence-corrected chi connectivity index (χ3v) is 9.06. The van der Waals surface area contributed by atoms with Crippen molar-refractivity contribution in [3.63, 3.8) is 0 Å². The zero-order valence-electron chi connectivity index (χ0n) is 19.8. The minimum Gasteiger partial charge on any atom is -0.450 e. The summed E-state index contributed by atoms with van der Waals surface area (Å²) in [5.74, 6) is -0.383. The molecule has 1 N–H and O–H groups in total. The molecule has 0 aromatic heterocycles. The molecule has 0 aromatic rings. The van der Waals surface area contributed by atoms with Gasteiger partial charge < -0.3 is 9.84 Å². The van der Waals surface area contributed by atoms with Gasteiger partial charge in [-0.3, -0.25) is 14.4 Å². The summed E-state index contributed by atoms with van der Waals surface area (Å²) in [5.41, 5.74) is 0.387. The lowest BCUT2D eigenvalue weighted by Crippen LogP contribution is -2.60.